The molecule has 1 aliphatic rings. The molecule has 0 bridgehead atoms. The van der Waals surface area contributed by atoms with Crippen molar-refractivity contribution in [3.05, 3.63) is 82.8 Å². The van der Waals surface area contributed by atoms with E-state index in [2.05, 4.69) is 27.1 Å². The third kappa shape index (κ3) is 5.86. The van der Waals surface area contributed by atoms with E-state index in [0.717, 1.165) is 58.4 Å². The van der Waals surface area contributed by atoms with Gasteiger partial charge in [-0.15, -0.1) is 11.3 Å². The Morgan fingerprint density at radius 3 is 2.58 bits per heavy atom. The van der Waals surface area contributed by atoms with Crippen LogP contribution in [0.4, 0.5) is 5.69 Å². The van der Waals surface area contributed by atoms with Gasteiger partial charge in [-0.25, -0.2) is 4.98 Å². The highest BCUT2D eigenvalue weighted by molar-refractivity contribution is 7.80. The number of thiazole rings is 1. The number of nitrogens with one attached hydrogen (secondary N) is 2. The van der Waals surface area contributed by atoms with Crippen molar-refractivity contribution in [2.24, 2.45) is 0 Å². The predicted molar refractivity (Wildman–Crippen MR) is 141 cm³/mol. The lowest BCUT2D eigenvalue weighted by atomic mass is 9.98. The number of anilines is 1. The largest absolute Gasteiger partial charge is 0.359 e. The van der Waals surface area contributed by atoms with Crippen LogP contribution in [-0.4, -0.2) is 40.5 Å². The van der Waals surface area contributed by atoms with Crippen molar-refractivity contribution in [2.75, 3.05) is 25.0 Å². The maximum Gasteiger partial charge on any atom is 0.275 e. The Hall–Kier alpha value is -3.03. The number of carbonyl (C=O) groups excluding carboxylic acids is 1. The van der Waals surface area contributed by atoms with Crippen LogP contribution in [0.25, 0.3) is 11.1 Å². The Morgan fingerprint density at radius 1 is 1.15 bits per heavy atom. The summed E-state index contributed by atoms with van der Waals surface area (Å²) in [5.41, 5.74) is 4.37. The summed E-state index contributed by atoms with van der Waals surface area (Å²) in [5, 5.41) is 9.98. The average Bonchev–Trinajstić information content (AvgIpc) is 3.34. The second-order valence-electron chi connectivity index (χ2n) is 8.31. The molecule has 1 amide bonds. The fourth-order valence-corrected chi connectivity index (χ4v) is 5.12. The van der Waals surface area contributed by atoms with Gasteiger partial charge < -0.3 is 15.5 Å². The standard InChI is InChI=1S/C26H28N4OS2/c1-18(2)16-27-26(32)30-14-12-20(13-15-30)25-29-23(17-33-25)24(31)28-22-11-7-6-10-21(22)19-8-4-3-5-9-19/h3-11,17,20H,1,12-16H2,2H3,(H,27,32)(H,28,31). The number of piperidine rings is 1. The van der Waals surface area contributed by atoms with Crippen LogP contribution in [0.3, 0.4) is 0 Å². The summed E-state index contributed by atoms with van der Waals surface area (Å²) in [6.07, 6.45) is 1.95. The van der Waals surface area contributed by atoms with E-state index >= 15 is 0 Å². The molecule has 5 nitrogen and oxygen atoms in total. The van der Waals surface area contributed by atoms with Gasteiger partial charge in [0.15, 0.2) is 5.11 Å². The van der Waals surface area contributed by atoms with E-state index in [1.54, 1.807) is 11.3 Å². The lowest BCUT2D eigenvalue weighted by molar-refractivity contribution is 0.102. The number of benzene rings is 2. The Balaban J connectivity index is 1.37. The first-order valence-corrected chi connectivity index (χ1v) is 12.4. The number of aromatic nitrogens is 1. The number of hydrogen-bond acceptors (Lipinski definition) is 4. The van der Waals surface area contributed by atoms with Crippen LogP contribution in [0.5, 0.6) is 0 Å². The Bertz CT molecular complexity index is 1130. The summed E-state index contributed by atoms with van der Waals surface area (Å²) in [4.78, 5) is 19.8. The second-order valence-corrected chi connectivity index (χ2v) is 9.59. The van der Waals surface area contributed by atoms with E-state index < -0.39 is 0 Å². The second kappa shape index (κ2) is 10.7. The minimum atomic E-state index is -0.177. The number of rotatable bonds is 6. The first kappa shape index (κ1) is 23.1. The van der Waals surface area contributed by atoms with E-state index in [1.807, 2.05) is 66.9 Å². The molecule has 4 rings (SSSR count). The van der Waals surface area contributed by atoms with Crippen LogP contribution in [0, 0.1) is 0 Å². The van der Waals surface area contributed by atoms with Crippen LogP contribution < -0.4 is 10.6 Å². The summed E-state index contributed by atoms with van der Waals surface area (Å²) >= 11 is 7.07. The molecule has 2 aromatic carbocycles. The van der Waals surface area contributed by atoms with Gasteiger partial charge in [-0.3, -0.25) is 4.79 Å². The lowest BCUT2D eigenvalue weighted by Gasteiger charge is -2.33. The molecule has 1 aromatic heterocycles. The molecule has 1 saturated heterocycles. The molecule has 170 valence electrons. The number of nitrogens with zero attached hydrogens (tertiary/aromatic N) is 2. The number of hydrogen-bond donors (Lipinski definition) is 2. The minimum absolute atomic E-state index is 0.177. The van der Waals surface area contributed by atoms with Crippen LogP contribution in [0.2, 0.25) is 0 Å². The molecule has 2 N–H and O–H groups in total. The van der Waals surface area contributed by atoms with Crippen LogP contribution in [0.15, 0.2) is 72.1 Å². The lowest BCUT2D eigenvalue weighted by Crippen LogP contribution is -2.44. The number of likely N-dealkylation sites (tertiary alicyclic amines) is 1. The average molecular weight is 477 g/mol. The zero-order chi connectivity index (χ0) is 23.2. The van der Waals surface area contributed by atoms with Gasteiger partial charge >= 0.3 is 0 Å². The van der Waals surface area contributed by atoms with Crippen molar-refractivity contribution in [1.82, 2.24) is 15.2 Å². The van der Waals surface area contributed by atoms with Gasteiger partial charge in [-0.1, -0.05) is 60.7 Å². The number of thiocarbonyl (C=S) groups is 1. The van der Waals surface area contributed by atoms with E-state index in [9.17, 15) is 4.79 Å². The van der Waals surface area contributed by atoms with Crippen LogP contribution >= 0.6 is 23.6 Å². The van der Waals surface area contributed by atoms with Gasteiger partial charge in [0.1, 0.15) is 5.69 Å². The highest BCUT2D eigenvalue weighted by atomic mass is 32.1. The van der Waals surface area contributed by atoms with Crippen LogP contribution in [-0.2, 0) is 0 Å². The number of para-hydroxylation sites is 1. The van der Waals surface area contributed by atoms with E-state index in [1.165, 1.54) is 0 Å². The van der Waals surface area contributed by atoms with Crippen LogP contribution in [0.1, 0.15) is 41.2 Å². The number of amides is 1. The summed E-state index contributed by atoms with van der Waals surface area (Å²) in [6.45, 7) is 8.37. The minimum Gasteiger partial charge on any atom is -0.359 e. The summed E-state index contributed by atoms with van der Waals surface area (Å²) in [7, 11) is 0. The number of carbonyl (C=O) groups is 1. The molecular weight excluding hydrogens is 448 g/mol. The van der Waals surface area contributed by atoms with Crippen molar-refractivity contribution in [3.8, 4) is 11.1 Å². The van der Waals surface area contributed by atoms with Gasteiger partial charge in [0.2, 0.25) is 0 Å². The van der Waals surface area contributed by atoms with Gasteiger partial charge in [-0.2, -0.15) is 0 Å². The Morgan fingerprint density at radius 2 is 1.85 bits per heavy atom. The molecule has 0 aliphatic carbocycles. The first-order chi connectivity index (χ1) is 16.0. The molecule has 0 spiro atoms. The molecule has 0 atom stereocenters. The van der Waals surface area contributed by atoms with Gasteiger partial charge in [0.25, 0.3) is 5.91 Å². The fraction of sp³-hybridized carbons (Fsp3) is 0.269. The fourth-order valence-electron chi connectivity index (χ4n) is 3.90. The summed E-state index contributed by atoms with van der Waals surface area (Å²) < 4.78 is 0. The van der Waals surface area contributed by atoms with E-state index in [0.29, 0.717) is 18.2 Å². The van der Waals surface area contributed by atoms with Crippen molar-refractivity contribution in [3.63, 3.8) is 0 Å². The normalized spacial score (nSPS) is 14.0. The zero-order valence-electron chi connectivity index (χ0n) is 18.7. The highest BCUT2D eigenvalue weighted by Crippen LogP contribution is 2.31. The van der Waals surface area contributed by atoms with E-state index in [-0.39, 0.29) is 5.91 Å². The molecular formula is C26H28N4OS2. The van der Waals surface area contributed by atoms with Gasteiger partial charge in [-0.05, 0) is 43.6 Å². The smallest absolute Gasteiger partial charge is 0.275 e. The topological polar surface area (TPSA) is 57.3 Å². The van der Waals surface area contributed by atoms with Crippen molar-refractivity contribution < 1.29 is 4.79 Å². The van der Waals surface area contributed by atoms with Crippen molar-refractivity contribution in [1.29, 1.82) is 0 Å². The summed E-state index contributed by atoms with van der Waals surface area (Å²) in [5.74, 6) is 0.178. The molecule has 0 unspecified atom stereocenters. The van der Waals surface area contributed by atoms with E-state index in [4.69, 9.17) is 12.2 Å². The third-order valence-electron chi connectivity index (χ3n) is 5.69. The Labute approximate surface area is 204 Å². The van der Waals surface area contributed by atoms with Gasteiger partial charge in [0, 0.05) is 42.2 Å². The molecule has 33 heavy (non-hydrogen) atoms. The molecule has 2 heterocycles. The molecule has 1 fully saturated rings. The van der Waals surface area contributed by atoms with Crippen molar-refractivity contribution in [2.45, 2.75) is 25.7 Å². The summed E-state index contributed by atoms with van der Waals surface area (Å²) in [6, 6.07) is 17.9. The van der Waals surface area contributed by atoms with Crippen molar-refractivity contribution >= 4 is 40.3 Å². The Kier molecular flexibility index (Phi) is 7.52. The SMILES string of the molecule is C=C(C)CNC(=S)N1CCC(c2nc(C(=O)Nc3ccccc3-c3ccccc3)cs2)CC1. The molecule has 7 heteroatoms. The third-order valence-corrected chi connectivity index (χ3v) is 7.10. The monoisotopic (exact) mass is 476 g/mol. The maximum atomic E-state index is 13.0. The maximum absolute atomic E-state index is 13.0. The molecule has 1 aliphatic heterocycles. The molecule has 0 radical (unpaired) electrons. The first-order valence-electron chi connectivity index (χ1n) is 11.1. The molecule has 3 aromatic rings. The molecule has 0 saturated carbocycles. The zero-order valence-corrected chi connectivity index (χ0v) is 20.3. The predicted octanol–water partition coefficient (Wildman–Crippen LogP) is 5.69. The van der Waals surface area contributed by atoms with Gasteiger partial charge in [0.05, 0.1) is 5.01 Å². The quantitative estimate of drug-likeness (QED) is 0.353. The highest BCUT2D eigenvalue weighted by Gasteiger charge is 2.25.